The molecule has 0 amide bonds. The predicted molar refractivity (Wildman–Crippen MR) is 86.5 cm³/mol. The Bertz CT molecular complexity index is 445. The van der Waals surface area contributed by atoms with E-state index < -0.39 is 8.32 Å². The molecule has 2 atom stereocenters. The minimum absolute atomic E-state index is 0.183. The van der Waals surface area contributed by atoms with Crippen molar-refractivity contribution in [1.82, 2.24) is 9.97 Å². The van der Waals surface area contributed by atoms with E-state index in [1.165, 1.54) is 6.42 Å². The number of rotatable bonds is 5. The van der Waals surface area contributed by atoms with Crippen LogP contribution in [0.2, 0.25) is 18.1 Å². The van der Waals surface area contributed by atoms with Crippen molar-refractivity contribution in [3.05, 3.63) is 24.3 Å². The molecule has 1 heterocycles. The van der Waals surface area contributed by atoms with E-state index in [1.807, 2.05) is 6.07 Å². The van der Waals surface area contributed by atoms with Gasteiger partial charge in [-0.25, -0.2) is 9.97 Å². The lowest BCUT2D eigenvalue weighted by atomic mass is 10.2. The predicted octanol–water partition coefficient (Wildman–Crippen LogP) is 3.94. The smallest absolute Gasteiger partial charge is 0.192 e. The standard InChI is InChI=1S/C16H28N2O2Si/c1-16(2,3)21(4,5)20-14-9-6-8-13(14)19-12-15-17-10-7-11-18-15/h7,10-11,13-14H,6,8-9,12H2,1-5H3/t13-,14?/m1/s1. The minimum atomic E-state index is -1.73. The van der Waals surface area contributed by atoms with E-state index in [0.29, 0.717) is 6.61 Å². The summed E-state index contributed by atoms with van der Waals surface area (Å²) < 4.78 is 12.6. The molecule has 1 unspecified atom stereocenters. The highest BCUT2D eigenvalue weighted by molar-refractivity contribution is 6.74. The van der Waals surface area contributed by atoms with Gasteiger partial charge < -0.3 is 9.16 Å². The molecule has 5 heteroatoms. The molecule has 1 aliphatic rings. The molecule has 2 rings (SSSR count). The van der Waals surface area contributed by atoms with Crippen LogP contribution in [0.25, 0.3) is 0 Å². The Morgan fingerprint density at radius 2 is 1.76 bits per heavy atom. The molecule has 0 aliphatic heterocycles. The maximum Gasteiger partial charge on any atom is 0.192 e. The minimum Gasteiger partial charge on any atom is -0.411 e. The van der Waals surface area contributed by atoms with Crippen LogP contribution in [0.3, 0.4) is 0 Å². The fourth-order valence-electron chi connectivity index (χ4n) is 2.36. The van der Waals surface area contributed by atoms with E-state index in [4.69, 9.17) is 9.16 Å². The van der Waals surface area contributed by atoms with E-state index in [-0.39, 0.29) is 17.2 Å². The average molecular weight is 308 g/mol. The fraction of sp³-hybridized carbons (Fsp3) is 0.750. The molecule has 0 aromatic carbocycles. The van der Waals surface area contributed by atoms with Crippen LogP contribution in [-0.2, 0) is 15.8 Å². The SMILES string of the molecule is CC(C)(C)[Si](C)(C)OC1CCC[C@H]1OCc1ncccn1. The zero-order chi connectivity index (χ0) is 15.5. The van der Waals surface area contributed by atoms with Gasteiger partial charge in [-0.1, -0.05) is 20.8 Å². The summed E-state index contributed by atoms with van der Waals surface area (Å²) in [5.41, 5.74) is 0. The number of nitrogens with zero attached hydrogens (tertiary/aromatic N) is 2. The van der Waals surface area contributed by atoms with Gasteiger partial charge in [0.1, 0.15) is 6.61 Å². The lowest BCUT2D eigenvalue weighted by molar-refractivity contribution is -0.0244. The molecule has 0 spiro atoms. The highest BCUT2D eigenvalue weighted by Crippen LogP contribution is 2.40. The van der Waals surface area contributed by atoms with Crippen LogP contribution in [0.15, 0.2) is 18.5 Å². The summed E-state index contributed by atoms with van der Waals surface area (Å²) in [6.07, 6.45) is 7.28. The molecule has 1 fully saturated rings. The number of hydrogen-bond acceptors (Lipinski definition) is 4. The summed E-state index contributed by atoms with van der Waals surface area (Å²) in [6.45, 7) is 11.9. The number of hydrogen-bond donors (Lipinski definition) is 0. The third kappa shape index (κ3) is 4.34. The first-order valence-corrected chi connectivity index (χ1v) is 10.8. The third-order valence-electron chi connectivity index (χ3n) is 4.69. The molecule has 1 saturated carbocycles. The van der Waals surface area contributed by atoms with Gasteiger partial charge in [-0.15, -0.1) is 0 Å². The van der Waals surface area contributed by atoms with E-state index in [9.17, 15) is 0 Å². The van der Waals surface area contributed by atoms with Crippen LogP contribution < -0.4 is 0 Å². The second kappa shape index (κ2) is 6.54. The van der Waals surface area contributed by atoms with Crippen LogP contribution in [0, 0.1) is 0 Å². The molecule has 1 aliphatic carbocycles. The van der Waals surface area contributed by atoms with Gasteiger partial charge in [-0.3, -0.25) is 0 Å². The van der Waals surface area contributed by atoms with Gasteiger partial charge in [0, 0.05) is 12.4 Å². The van der Waals surface area contributed by atoms with Crippen molar-refractivity contribution in [1.29, 1.82) is 0 Å². The monoisotopic (exact) mass is 308 g/mol. The van der Waals surface area contributed by atoms with Crippen LogP contribution in [0.4, 0.5) is 0 Å². The van der Waals surface area contributed by atoms with Crippen molar-refractivity contribution in [2.75, 3.05) is 0 Å². The summed E-state index contributed by atoms with van der Waals surface area (Å²) in [5, 5.41) is 0.239. The van der Waals surface area contributed by atoms with Crippen LogP contribution in [0.1, 0.15) is 45.9 Å². The molecule has 4 nitrogen and oxygen atoms in total. The highest BCUT2D eigenvalue weighted by atomic mass is 28.4. The second-order valence-electron chi connectivity index (χ2n) is 7.36. The molecular weight excluding hydrogens is 280 g/mol. The van der Waals surface area contributed by atoms with Gasteiger partial charge in [-0.05, 0) is 43.5 Å². The van der Waals surface area contributed by atoms with Gasteiger partial charge in [0.25, 0.3) is 0 Å². The number of ether oxygens (including phenoxy) is 1. The maximum absolute atomic E-state index is 6.54. The normalized spacial score (nSPS) is 23.5. The van der Waals surface area contributed by atoms with E-state index >= 15 is 0 Å². The molecule has 21 heavy (non-hydrogen) atoms. The van der Waals surface area contributed by atoms with E-state index in [1.54, 1.807) is 12.4 Å². The van der Waals surface area contributed by atoms with Gasteiger partial charge >= 0.3 is 0 Å². The van der Waals surface area contributed by atoms with Crippen LogP contribution >= 0.6 is 0 Å². The van der Waals surface area contributed by atoms with E-state index in [0.717, 1.165) is 18.7 Å². The Morgan fingerprint density at radius 1 is 1.14 bits per heavy atom. The van der Waals surface area contributed by atoms with Gasteiger partial charge in [-0.2, -0.15) is 0 Å². The largest absolute Gasteiger partial charge is 0.411 e. The van der Waals surface area contributed by atoms with Crippen molar-refractivity contribution in [2.45, 2.75) is 77.0 Å². The zero-order valence-electron chi connectivity index (χ0n) is 13.9. The molecule has 0 bridgehead atoms. The highest BCUT2D eigenvalue weighted by Gasteiger charge is 2.42. The first kappa shape index (κ1) is 16.6. The summed E-state index contributed by atoms with van der Waals surface area (Å²) in [7, 11) is -1.73. The maximum atomic E-state index is 6.54. The van der Waals surface area contributed by atoms with E-state index in [2.05, 4.69) is 43.8 Å². The molecule has 118 valence electrons. The molecular formula is C16H28N2O2Si. The number of aromatic nitrogens is 2. The Kier molecular flexibility index (Phi) is 5.17. The second-order valence-corrected chi connectivity index (χ2v) is 12.1. The Morgan fingerprint density at radius 3 is 2.38 bits per heavy atom. The molecule has 0 N–H and O–H groups in total. The van der Waals surface area contributed by atoms with Gasteiger partial charge in [0.15, 0.2) is 14.1 Å². The summed E-state index contributed by atoms with van der Waals surface area (Å²) >= 11 is 0. The quantitative estimate of drug-likeness (QED) is 0.773. The van der Waals surface area contributed by atoms with Gasteiger partial charge in [0.05, 0.1) is 12.2 Å². The zero-order valence-corrected chi connectivity index (χ0v) is 14.9. The summed E-state index contributed by atoms with van der Waals surface area (Å²) in [5.74, 6) is 0.746. The lowest BCUT2D eigenvalue weighted by Gasteiger charge is -2.39. The van der Waals surface area contributed by atoms with Crippen molar-refractivity contribution in [3.8, 4) is 0 Å². The Balaban J connectivity index is 1.91. The summed E-state index contributed by atoms with van der Waals surface area (Å²) in [6, 6.07) is 1.82. The third-order valence-corrected chi connectivity index (χ3v) is 9.19. The molecule has 0 saturated heterocycles. The van der Waals surface area contributed by atoms with Gasteiger partial charge in [0.2, 0.25) is 0 Å². The van der Waals surface area contributed by atoms with Crippen molar-refractivity contribution in [2.24, 2.45) is 0 Å². The first-order valence-electron chi connectivity index (χ1n) is 7.85. The molecule has 1 aromatic rings. The van der Waals surface area contributed by atoms with Crippen LogP contribution in [0.5, 0.6) is 0 Å². The lowest BCUT2D eigenvalue weighted by Crippen LogP contribution is -2.46. The topological polar surface area (TPSA) is 44.2 Å². The fourth-order valence-corrected chi connectivity index (χ4v) is 3.74. The van der Waals surface area contributed by atoms with Crippen LogP contribution in [-0.4, -0.2) is 30.5 Å². The van der Waals surface area contributed by atoms with Crippen molar-refractivity contribution in [3.63, 3.8) is 0 Å². The molecule has 1 aromatic heterocycles. The Hall–Kier alpha value is -0.783. The summed E-state index contributed by atoms with van der Waals surface area (Å²) in [4.78, 5) is 8.42. The van der Waals surface area contributed by atoms with Crippen molar-refractivity contribution < 1.29 is 9.16 Å². The van der Waals surface area contributed by atoms with Crippen molar-refractivity contribution >= 4 is 8.32 Å². The first-order chi connectivity index (χ1) is 9.79. The average Bonchev–Trinajstić information content (AvgIpc) is 2.83. The Labute approximate surface area is 129 Å². The molecule has 0 radical (unpaired) electrons.